The molecule has 0 spiro atoms. The van der Waals surface area contributed by atoms with Crippen LogP contribution >= 0.6 is 11.3 Å². The number of benzene rings is 1. The van der Waals surface area contributed by atoms with Gasteiger partial charge in [-0.25, -0.2) is 4.98 Å². The lowest BCUT2D eigenvalue weighted by atomic mass is 9.85. The van der Waals surface area contributed by atoms with Gasteiger partial charge in [0.1, 0.15) is 6.54 Å². The van der Waals surface area contributed by atoms with Crippen LogP contribution in [0.5, 0.6) is 0 Å². The van der Waals surface area contributed by atoms with Crippen LogP contribution in [0.25, 0.3) is 10.2 Å². The molecular formula is C19H17N3O3S. The summed E-state index contributed by atoms with van der Waals surface area (Å²) in [5.41, 5.74) is 1.90. The number of nitrogens with zero attached hydrogens (tertiary/aromatic N) is 2. The summed E-state index contributed by atoms with van der Waals surface area (Å²) in [6.45, 7) is 1.73. The molecule has 2 fully saturated rings. The molecule has 4 atom stereocenters. The van der Waals surface area contributed by atoms with E-state index in [-0.39, 0.29) is 47.9 Å². The molecule has 2 heterocycles. The second-order valence-electron chi connectivity index (χ2n) is 7.25. The molecular weight excluding hydrogens is 350 g/mol. The van der Waals surface area contributed by atoms with Gasteiger partial charge in [0.25, 0.3) is 0 Å². The SMILES string of the molecule is Cc1cccc2sc(NC(=O)CN3C(=O)C4C5C=CC(C5)C4C3=O)nc12. The predicted octanol–water partition coefficient (Wildman–Crippen LogP) is 2.35. The van der Waals surface area contributed by atoms with Crippen LogP contribution in [-0.4, -0.2) is 34.2 Å². The van der Waals surface area contributed by atoms with Crippen molar-refractivity contribution in [3.8, 4) is 0 Å². The Morgan fingerprint density at radius 1 is 1.23 bits per heavy atom. The van der Waals surface area contributed by atoms with E-state index in [0.29, 0.717) is 5.13 Å². The first-order chi connectivity index (χ1) is 12.5. The van der Waals surface area contributed by atoms with E-state index in [9.17, 15) is 14.4 Å². The summed E-state index contributed by atoms with van der Waals surface area (Å²) in [5, 5.41) is 3.22. The average molecular weight is 367 g/mol. The minimum absolute atomic E-state index is 0.154. The molecule has 3 amide bonds. The van der Waals surface area contributed by atoms with Crippen LogP contribution in [0.3, 0.4) is 0 Å². The fourth-order valence-electron chi connectivity index (χ4n) is 4.56. The van der Waals surface area contributed by atoms with Crippen LogP contribution in [0.2, 0.25) is 0 Å². The number of imide groups is 1. The average Bonchev–Trinajstić information content (AvgIpc) is 3.35. The van der Waals surface area contributed by atoms with E-state index in [1.165, 1.54) is 11.3 Å². The van der Waals surface area contributed by atoms with Crippen molar-refractivity contribution in [2.45, 2.75) is 13.3 Å². The summed E-state index contributed by atoms with van der Waals surface area (Å²) in [6.07, 6.45) is 4.98. The molecule has 2 bridgehead atoms. The lowest BCUT2D eigenvalue weighted by Gasteiger charge is -2.16. The highest BCUT2D eigenvalue weighted by atomic mass is 32.1. The molecule has 3 aliphatic rings. The maximum atomic E-state index is 12.6. The summed E-state index contributed by atoms with van der Waals surface area (Å²) in [4.78, 5) is 43.3. The number of amides is 3. The van der Waals surface area contributed by atoms with Crippen molar-refractivity contribution >= 4 is 44.4 Å². The van der Waals surface area contributed by atoms with Gasteiger partial charge in [0, 0.05) is 0 Å². The first-order valence-corrected chi connectivity index (χ1v) is 9.54. The van der Waals surface area contributed by atoms with Crippen molar-refractivity contribution in [1.29, 1.82) is 0 Å². The number of anilines is 1. The Morgan fingerprint density at radius 2 is 1.92 bits per heavy atom. The molecule has 7 heteroatoms. The summed E-state index contributed by atoms with van der Waals surface area (Å²) in [7, 11) is 0. The highest BCUT2D eigenvalue weighted by Crippen LogP contribution is 2.52. The summed E-state index contributed by atoms with van der Waals surface area (Å²) in [6, 6.07) is 5.87. The number of allylic oxidation sites excluding steroid dienone is 2. The summed E-state index contributed by atoms with van der Waals surface area (Å²) < 4.78 is 0.991. The van der Waals surface area contributed by atoms with E-state index < -0.39 is 0 Å². The van der Waals surface area contributed by atoms with Gasteiger partial charge >= 0.3 is 0 Å². The molecule has 1 aromatic heterocycles. The van der Waals surface area contributed by atoms with Crippen molar-refractivity contribution in [1.82, 2.24) is 9.88 Å². The molecule has 132 valence electrons. The molecule has 5 rings (SSSR count). The standard InChI is InChI=1S/C19H17N3O3S/c1-9-3-2-4-12-16(9)21-19(26-12)20-13(23)8-22-17(24)14-10-5-6-11(7-10)15(14)18(22)25/h2-6,10-11,14-15H,7-8H2,1H3,(H,20,21,23). The third kappa shape index (κ3) is 2.16. The molecule has 2 aromatic rings. The van der Waals surface area contributed by atoms with Crippen LogP contribution in [0.4, 0.5) is 5.13 Å². The Kier molecular flexibility index (Phi) is 3.31. The molecule has 1 saturated heterocycles. The Labute approximate surface area is 153 Å². The van der Waals surface area contributed by atoms with Crippen molar-refractivity contribution < 1.29 is 14.4 Å². The van der Waals surface area contributed by atoms with E-state index >= 15 is 0 Å². The minimum Gasteiger partial charge on any atom is -0.300 e. The molecule has 6 nitrogen and oxygen atoms in total. The number of rotatable bonds is 3. The molecule has 1 N–H and O–H groups in total. The second-order valence-corrected chi connectivity index (χ2v) is 8.28. The molecule has 1 aliphatic heterocycles. The number of carbonyl (C=O) groups is 3. The highest BCUT2D eigenvalue weighted by Gasteiger charge is 2.59. The number of aryl methyl sites for hydroxylation is 1. The van der Waals surface area contributed by atoms with Crippen LogP contribution in [0, 0.1) is 30.6 Å². The van der Waals surface area contributed by atoms with Gasteiger partial charge in [0.05, 0.1) is 22.1 Å². The Balaban J connectivity index is 1.32. The number of carbonyl (C=O) groups excluding carboxylic acids is 3. The van der Waals surface area contributed by atoms with Crippen LogP contribution in [-0.2, 0) is 14.4 Å². The van der Waals surface area contributed by atoms with Crippen molar-refractivity contribution in [2.75, 3.05) is 11.9 Å². The molecule has 1 aromatic carbocycles. The Hall–Kier alpha value is -2.54. The van der Waals surface area contributed by atoms with E-state index in [1.54, 1.807) is 0 Å². The Bertz CT molecular complexity index is 965. The van der Waals surface area contributed by atoms with E-state index in [1.807, 2.05) is 37.3 Å². The van der Waals surface area contributed by atoms with Crippen molar-refractivity contribution in [3.63, 3.8) is 0 Å². The number of likely N-dealkylation sites (tertiary alicyclic amines) is 1. The largest absolute Gasteiger partial charge is 0.300 e. The fraction of sp³-hybridized carbons (Fsp3) is 0.368. The first-order valence-electron chi connectivity index (χ1n) is 8.72. The van der Waals surface area contributed by atoms with Crippen molar-refractivity contribution in [3.05, 3.63) is 35.9 Å². The smallest absolute Gasteiger partial charge is 0.246 e. The van der Waals surface area contributed by atoms with Crippen LogP contribution in [0.15, 0.2) is 30.4 Å². The maximum Gasteiger partial charge on any atom is 0.246 e. The monoisotopic (exact) mass is 367 g/mol. The number of fused-ring (bicyclic) bond motifs is 6. The van der Waals surface area contributed by atoms with Gasteiger partial charge < -0.3 is 5.32 Å². The molecule has 2 aliphatic carbocycles. The normalized spacial score (nSPS) is 29.0. The number of nitrogens with one attached hydrogen (secondary N) is 1. The van der Waals surface area contributed by atoms with Gasteiger partial charge in [-0.2, -0.15) is 0 Å². The number of hydrogen-bond acceptors (Lipinski definition) is 5. The molecule has 0 radical (unpaired) electrons. The van der Waals surface area contributed by atoms with E-state index in [4.69, 9.17) is 0 Å². The van der Waals surface area contributed by atoms with Gasteiger partial charge in [-0.1, -0.05) is 35.6 Å². The zero-order valence-electron chi connectivity index (χ0n) is 14.1. The number of thiazole rings is 1. The third-order valence-electron chi connectivity index (χ3n) is 5.73. The first kappa shape index (κ1) is 15.7. The number of hydrogen-bond donors (Lipinski definition) is 1. The zero-order chi connectivity index (χ0) is 18.0. The van der Waals surface area contributed by atoms with Crippen LogP contribution in [0.1, 0.15) is 12.0 Å². The predicted molar refractivity (Wildman–Crippen MR) is 97.4 cm³/mol. The minimum atomic E-state index is -0.385. The molecule has 26 heavy (non-hydrogen) atoms. The second kappa shape index (κ2) is 5.48. The van der Waals surface area contributed by atoms with Gasteiger partial charge in [0.2, 0.25) is 17.7 Å². The Morgan fingerprint density at radius 3 is 2.58 bits per heavy atom. The van der Waals surface area contributed by atoms with E-state index in [0.717, 1.165) is 27.1 Å². The number of aromatic nitrogens is 1. The maximum absolute atomic E-state index is 12.6. The van der Waals surface area contributed by atoms with Crippen LogP contribution < -0.4 is 5.32 Å². The fourth-order valence-corrected chi connectivity index (χ4v) is 5.52. The van der Waals surface area contributed by atoms with Gasteiger partial charge in [-0.15, -0.1) is 0 Å². The summed E-state index contributed by atoms with van der Waals surface area (Å²) in [5.74, 6) is -1.02. The molecule has 1 saturated carbocycles. The third-order valence-corrected chi connectivity index (χ3v) is 6.67. The lowest BCUT2D eigenvalue weighted by Crippen LogP contribution is -2.39. The quantitative estimate of drug-likeness (QED) is 0.667. The topological polar surface area (TPSA) is 79.4 Å². The van der Waals surface area contributed by atoms with Gasteiger partial charge in [0.15, 0.2) is 5.13 Å². The number of para-hydroxylation sites is 1. The van der Waals surface area contributed by atoms with Gasteiger partial charge in [-0.3, -0.25) is 19.3 Å². The van der Waals surface area contributed by atoms with E-state index in [2.05, 4.69) is 10.3 Å². The van der Waals surface area contributed by atoms with Crippen molar-refractivity contribution in [2.24, 2.45) is 23.7 Å². The zero-order valence-corrected chi connectivity index (χ0v) is 15.0. The lowest BCUT2D eigenvalue weighted by molar-refractivity contribution is -0.143. The highest BCUT2D eigenvalue weighted by molar-refractivity contribution is 7.22. The van der Waals surface area contributed by atoms with Gasteiger partial charge in [-0.05, 0) is 36.8 Å². The summed E-state index contributed by atoms with van der Waals surface area (Å²) >= 11 is 1.39. The molecule has 4 unspecified atom stereocenters.